The van der Waals surface area contributed by atoms with Gasteiger partial charge >= 0.3 is 0 Å². The molecule has 1 aromatic heterocycles. The lowest BCUT2D eigenvalue weighted by Gasteiger charge is -2.11. The molecule has 6 heteroatoms. The molecule has 2 aromatic carbocycles. The molecule has 0 spiro atoms. The zero-order chi connectivity index (χ0) is 19.1. The minimum Gasteiger partial charge on any atom is -0.492 e. The summed E-state index contributed by atoms with van der Waals surface area (Å²) in [5.74, 6) is 0.869. The number of nitrogens with one attached hydrogen (secondary N) is 2. The fourth-order valence-electron chi connectivity index (χ4n) is 2.65. The Morgan fingerprint density at radius 1 is 0.926 bits per heavy atom. The van der Waals surface area contributed by atoms with Gasteiger partial charge in [0.1, 0.15) is 5.75 Å². The summed E-state index contributed by atoms with van der Waals surface area (Å²) in [6.45, 7) is 4.51. The summed E-state index contributed by atoms with van der Waals surface area (Å²) in [4.78, 5) is 12.5. The molecule has 0 bridgehead atoms. The van der Waals surface area contributed by atoms with E-state index >= 15 is 0 Å². The van der Waals surface area contributed by atoms with Gasteiger partial charge in [0.25, 0.3) is 5.91 Å². The number of carbonyl (C=O) groups is 1. The fourth-order valence-corrected chi connectivity index (χ4v) is 2.65. The van der Waals surface area contributed by atoms with Gasteiger partial charge in [0.05, 0.1) is 12.3 Å². The summed E-state index contributed by atoms with van der Waals surface area (Å²) in [6, 6.07) is 18.7. The average Bonchev–Trinajstić information content (AvgIpc) is 2.70. The Morgan fingerprint density at radius 2 is 1.67 bits per heavy atom. The summed E-state index contributed by atoms with van der Waals surface area (Å²) in [5, 5.41) is 14.2. The summed E-state index contributed by atoms with van der Waals surface area (Å²) in [5.41, 5.74) is 3.01. The summed E-state index contributed by atoms with van der Waals surface area (Å²) in [6.07, 6.45) is 0.913. The fraction of sp³-hybridized carbons (Fsp3) is 0.190. The molecule has 0 unspecified atom stereocenters. The van der Waals surface area contributed by atoms with Crippen molar-refractivity contribution in [3.05, 3.63) is 71.9 Å². The van der Waals surface area contributed by atoms with Gasteiger partial charge in [-0.15, -0.1) is 10.2 Å². The predicted molar refractivity (Wildman–Crippen MR) is 107 cm³/mol. The van der Waals surface area contributed by atoms with Crippen LogP contribution in [0.2, 0.25) is 0 Å². The van der Waals surface area contributed by atoms with Crippen molar-refractivity contribution in [3.8, 4) is 5.75 Å². The molecule has 1 heterocycles. The Bertz CT molecular complexity index is 910. The van der Waals surface area contributed by atoms with E-state index in [4.69, 9.17) is 4.74 Å². The van der Waals surface area contributed by atoms with Crippen LogP contribution in [0.3, 0.4) is 0 Å². The number of anilines is 3. The lowest BCUT2D eigenvalue weighted by molar-refractivity contribution is 0.102. The zero-order valence-electron chi connectivity index (χ0n) is 15.4. The zero-order valence-corrected chi connectivity index (χ0v) is 15.4. The molecule has 0 radical (unpaired) electrons. The molecule has 0 aliphatic rings. The molecule has 0 saturated carbocycles. The van der Waals surface area contributed by atoms with Crippen molar-refractivity contribution in [2.24, 2.45) is 0 Å². The van der Waals surface area contributed by atoms with Gasteiger partial charge in [-0.2, -0.15) is 0 Å². The van der Waals surface area contributed by atoms with Crippen LogP contribution < -0.4 is 15.4 Å². The maximum absolute atomic E-state index is 12.5. The second-order valence-corrected chi connectivity index (χ2v) is 5.82. The van der Waals surface area contributed by atoms with Crippen molar-refractivity contribution in [3.63, 3.8) is 0 Å². The highest BCUT2D eigenvalue weighted by atomic mass is 16.5. The third kappa shape index (κ3) is 4.61. The summed E-state index contributed by atoms with van der Waals surface area (Å²) < 4.78 is 5.52. The van der Waals surface area contributed by atoms with Gasteiger partial charge in [-0.3, -0.25) is 4.79 Å². The molecule has 2 N–H and O–H groups in total. The number of hydrogen-bond donors (Lipinski definition) is 2. The molecule has 0 aliphatic heterocycles. The summed E-state index contributed by atoms with van der Waals surface area (Å²) in [7, 11) is 0. The highest BCUT2D eigenvalue weighted by Gasteiger charge is 2.12. The van der Waals surface area contributed by atoms with E-state index in [9.17, 15) is 4.79 Å². The van der Waals surface area contributed by atoms with Crippen molar-refractivity contribution in [1.29, 1.82) is 0 Å². The van der Waals surface area contributed by atoms with Gasteiger partial charge in [0, 0.05) is 5.69 Å². The van der Waals surface area contributed by atoms with Gasteiger partial charge in [0.2, 0.25) is 0 Å². The minimum absolute atomic E-state index is 0.232. The maximum atomic E-state index is 12.5. The van der Waals surface area contributed by atoms with Gasteiger partial charge in [-0.1, -0.05) is 37.3 Å². The van der Waals surface area contributed by atoms with Crippen LogP contribution in [0.25, 0.3) is 0 Å². The number of aryl methyl sites for hydroxylation is 1. The van der Waals surface area contributed by atoms with Crippen molar-refractivity contribution >= 4 is 23.1 Å². The highest BCUT2D eigenvalue weighted by molar-refractivity contribution is 6.03. The molecule has 27 heavy (non-hydrogen) atoms. The molecule has 1 amide bonds. The maximum Gasteiger partial charge on any atom is 0.276 e. The van der Waals surface area contributed by atoms with Crippen molar-refractivity contribution in [2.75, 3.05) is 17.2 Å². The van der Waals surface area contributed by atoms with E-state index < -0.39 is 0 Å². The van der Waals surface area contributed by atoms with E-state index in [-0.39, 0.29) is 11.6 Å². The van der Waals surface area contributed by atoms with Gasteiger partial charge in [0.15, 0.2) is 11.5 Å². The van der Waals surface area contributed by atoms with E-state index in [2.05, 4.69) is 33.8 Å². The van der Waals surface area contributed by atoms with E-state index in [1.807, 2.05) is 43.3 Å². The lowest BCUT2D eigenvalue weighted by Crippen LogP contribution is -2.15. The SMILES string of the molecule is CCOc1ccccc1NC(=O)c1ccc(Nc2ccccc2CC)nn1. The molecule has 3 rings (SSSR count). The van der Waals surface area contributed by atoms with Crippen LogP contribution in [0.1, 0.15) is 29.9 Å². The number of carbonyl (C=O) groups excluding carboxylic acids is 1. The van der Waals surface area contributed by atoms with Crippen LogP contribution in [0, 0.1) is 0 Å². The van der Waals surface area contributed by atoms with E-state index in [0.29, 0.717) is 23.9 Å². The first-order chi connectivity index (χ1) is 13.2. The quantitative estimate of drug-likeness (QED) is 0.650. The number of ether oxygens (including phenoxy) is 1. The van der Waals surface area contributed by atoms with Crippen LogP contribution in [0.5, 0.6) is 5.75 Å². The monoisotopic (exact) mass is 362 g/mol. The molecule has 0 fully saturated rings. The number of amides is 1. The largest absolute Gasteiger partial charge is 0.492 e. The van der Waals surface area contributed by atoms with Gasteiger partial charge in [-0.05, 0) is 49.2 Å². The predicted octanol–water partition coefficient (Wildman–Crippen LogP) is 4.43. The first kappa shape index (κ1) is 18.4. The first-order valence-corrected chi connectivity index (χ1v) is 8.93. The average molecular weight is 362 g/mol. The molecular weight excluding hydrogens is 340 g/mol. The Hall–Kier alpha value is -3.41. The minimum atomic E-state index is -0.338. The second kappa shape index (κ2) is 8.80. The highest BCUT2D eigenvalue weighted by Crippen LogP contribution is 2.24. The molecule has 0 saturated heterocycles. The molecular formula is C21H22N4O2. The van der Waals surface area contributed by atoms with Gasteiger partial charge in [-0.25, -0.2) is 0 Å². The lowest BCUT2D eigenvalue weighted by atomic mass is 10.1. The summed E-state index contributed by atoms with van der Waals surface area (Å²) >= 11 is 0. The Morgan fingerprint density at radius 3 is 2.37 bits per heavy atom. The number of benzene rings is 2. The van der Waals surface area contributed by atoms with Crippen molar-refractivity contribution in [2.45, 2.75) is 20.3 Å². The Kier molecular flexibility index (Phi) is 5.99. The van der Waals surface area contributed by atoms with E-state index in [1.54, 1.807) is 18.2 Å². The number of para-hydroxylation sites is 3. The Balaban J connectivity index is 1.71. The Labute approximate surface area is 158 Å². The van der Waals surface area contributed by atoms with Crippen LogP contribution in [0.15, 0.2) is 60.7 Å². The van der Waals surface area contributed by atoms with Crippen LogP contribution in [-0.2, 0) is 6.42 Å². The van der Waals surface area contributed by atoms with Crippen LogP contribution in [-0.4, -0.2) is 22.7 Å². The van der Waals surface area contributed by atoms with E-state index in [0.717, 1.165) is 12.1 Å². The number of nitrogens with zero attached hydrogens (tertiary/aromatic N) is 2. The first-order valence-electron chi connectivity index (χ1n) is 8.93. The molecule has 3 aromatic rings. The number of hydrogen-bond acceptors (Lipinski definition) is 5. The topological polar surface area (TPSA) is 76.1 Å². The van der Waals surface area contributed by atoms with Crippen LogP contribution in [0.4, 0.5) is 17.2 Å². The molecule has 138 valence electrons. The standard InChI is InChI=1S/C21H22N4O2/c1-3-15-9-5-6-10-16(15)22-20-14-13-18(24-25-20)21(26)23-17-11-7-8-12-19(17)27-4-2/h5-14H,3-4H2,1-2H3,(H,22,25)(H,23,26). The third-order valence-electron chi connectivity index (χ3n) is 3.99. The number of rotatable bonds is 7. The smallest absolute Gasteiger partial charge is 0.276 e. The molecule has 0 aliphatic carbocycles. The molecule has 6 nitrogen and oxygen atoms in total. The van der Waals surface area contributed by atoms with E-state index in [1.165, 1.54) is 5.56 Å². The van der Waals surface area contributed by atoms with Crippen molar-refractivity contribution < 1.29 is 9.53 Å². The molecule has 0 atom stereocenters. The van der Waals surface area contributed by atoms with Crippen molar-refractivity contribution in [1.82, 2.24) is 10.2 Å². The van der Waals surface area contributed by atoms with Gasteiger partial charge < -0.3 is 15.4 Å². The normalized spacial score (nSPS) is 10.3. The van der Waals surface area contributed by atoms with Crippen LogP contribution >= 0.6 is 0 Å². The third-order valence-corrected chi connectivity index (χ3v) is 3.99. The second-order valence-electron chi connectivity index (χ2n) is 5.82. The number of aromatic nitrogens is 2.